The van der Waals surface area contributed by atoms with E-state index in [1.165, 1.54) is 11.3 Å². The first-order valence-electron chi connectivity index (χ1n) is 11.6. The minimum atomic E-state index is 0.144. The first-order chi connectivity index (χ1) is 16.7. The number of hydrogen-bond acceptors (Lipinski definition) is 4. The maximum absolute atomic E-state index is 5.09. The molecule has 1 heterocycles. The standard InChI is InChI=1S/C30H28N4/c1-33(2)27-18-16-24(17-19-27)30-21-29(32-34(30)28-14-7-4-8-15-28)25-12-9-13-26(20-25)31-22-23-10-5-3-6-11-23/h3-20,22,30H,21H2,1-2H3. The van der Waals surface area contributed by atoms with Gasteiger partial charge in [0.1, 0.15) is 0 Å². The third kappa shape index (κ3) is 4.76. The molecule has 1 aliphatic heterocycles. The van der Waals surface area contributed by atoms with Gasteiger partial charge in [0.25, 0.3) is 0 Å². The van der Waals surface area contributed by atoms with Gasteiger partial charge in [0.15, 0.2) is 0 Å². The fourth-order valence-electron chi connectivity index (χ4n) is 4.21. The van der Waals surface area contributed by atoms with Crippen molar-refractivity contribution in [2.24, 2.45) is 10.1 Å². The lowest BCUT2D eigenvalue weighted by Crippen LogP contribution is -2.18. The SMILES string of the molecule is CN(C)c1ccc(C2CC(c3cccc(N=Cc4ccccc4)c3)=NN2c2ccccc2)cc1. The highest BCUT2D eigenvalue weighted by Crippen LogP contribution is 2.37. The highest BCUT2D eigenvalue weighted by atomic mass is 15.5. The van der Waals surface area contributed by atoms with E-state index in [9.17, 15) is 0 Å². The molecule has 34 heavy (non-hydrogen) atoms. The molecule has 0 fully saturated rings. The van der Waals surface area contributed by atoms with E-state index in [2.05, 4.69) is 103 Å². The van der Waals surface area contributed by atoms with Crippen LogP contribution in [-0.4, -0.2) is 26.0 Å². The summed E-state index contributed by atoms with van der Waals surface area (Å²) in [5.41, 5.74) is 7.73. The van der Waals surface area contributed by atoms with Crippen LogP contribution in [0.4, 0.5) is 17.1 Å². The first-order valence-corrected chi connectivity index (χ1v) is 11.6. The van der Waals surface area contributed by atoms with Gasteiger partial charge in [-0.2, -0.15) is 5.10 Å². The van der Waals surface area contributed by atoms with Crippen molar-refractivity contribution in [3.63, 3.8) is 0 Å². The molecule has 0 aliphatic carbocycles. The number of nitrogens with zero attached hydrogens (tertiary/aromatic N) is 4. The Morgan fingerprint density at radius 2 is 1.53 bits per heavy atom. The number of anilines is 2. The summed E-state index contributed by atoms with van der Waals surface area (Å²) in [5, 5.41) is 7.24. The van der Waals surface area contributed by atoms with E-state index in [1.807, 2.05) is 36.5 Å². The minimum Gasteiger partial charge on any atom is -0.378 e. The average molecular weight is 445 g/mol. The Balaban J connectivity index is 1.45. The van der Waals surface area contributed by atoms with E-state index in [1.54, 1.807) is 0 Å². The summed E-state index contributed by atoms with van der Waals surface area (Å²) in [7, 11) is 4.13. The Kier molecular flexibility index (Phi) is 6.21. The smallest absolute Gasteiger partial charge is 0.0831 e. The van der Waals surface area contributed by atoms with Crippen LogP contribution >= 0.6 is 0 Å². The molecule has 1 unspecified atom stereocenters. The van der Waals surface area contributed by atoms with Crippen LogP contribution in [0.2, 0.25) is 0 Å². The molecule has 0 saturated carbocycles. The number of para-hydroxylation sites is 1. The molecular weight excluding hydrogens is 416 g/mol. The van der Waals surface area contributed by atoms with Gasteiger partial charge >= 0.3 is 0 Å². The molecule has 0 amide bonds. The van der Waals surface area contributed by atoms with Gasteiger partial charge in [0, 0.05) is 32.4 Å². The maximum atomic E-state index is 5.09. The van der Waals surface area contributed by atoms with Crippen LogP contribution in [0, 0.1) is 0 Å². The molecule has 0 aromatic heterocycles. The van der Waals surface area contributed by atoms with E-state index >= 15 is 0 Å². The molecule has 0 bridgehead atoms. The van der Waals surface area contributed by atoms with Gasteiger partial charge in [-0.1, -0.05) is 72.8 Å². The third-order valence-electron chi connectivity index (χ3n) is 6.07. The van der Waals surface area contributed by atoms with Gasteiger partial charge < -0.3 is 4.90 Å². The van der Waals surface area contributed by atoms with Gasteiger partial charge in [0.05, 0.1) is 23.1 Å². The molecule has 1 atom stereocenters. The molecule has 0 radical (unpaired) electrons. The molecule has 5 rings (SSSR count). The van der Waals surface area contributed by atoms with E-state index in [-0.39, 0.29) is 6.04 Å². The van der Waals surface area contributed by atoms with Crippen molar-refractivity contribution in [2.45, 2.75) is 12.5 Å². The summed E-state index contributed by atoms with van der Waals surface area (Å²) in [4.78, 5) is 6.81. The van der Waals surface area contributed by atoms with Crippen molar-refractivity contribution < 1.29 is 0 Å². The van der Waals surface area contributed by atoms with Crippen LogP contribution in [0.15, 0.2) is 119 Å². The number of aliphatic imine (C=N–C) groups is 1. The Labute approximate surface area is 201 Å². The molecule has 1 aliphatic rings. The zero-order chi connectivity index (χ0) is 23.3. The summed E-state index contributed by atoms with van der Waals surface area (Å²) in [6.45, 7) is 0. The highest BCUT2D eigenvalue weighted by Gasteiger charge is 2.30. The second-order valence-electron chi connectivity index (χ2n) is 8.65. The Bertz CT molecular complexity index is 1290. The van der Waals surface area contributed by atoms with Crippen LogP contribution in [0.5, 0.6) is 0 Å². The molecule has 0 saturated heterocycles. The topological polar surface area (TPSA) is 31.2 Å². The zero-order valence-electron chi connectivity index (χ0n) is 19.5. The largest absolute Gasteiger partial charge is 0.378 e. The van der Waals surface area contributed by atoms with Crippen molar-refractivity contribution in [1.82, 2.24) is 0 Å². The fourth-order valence-corrected chi connectivity index (χ4v) is 4.21. The fraction of sp³-hybridized carbons (Fsp3) is 0.133. The van der Waals surface area contributed by atoms with E-state index < -0.39 is 0 Å². The number of hydrazone groups is 1. The number of hydrogen-bond donors (Lipinski definition) is 0. The van der Waals surface area contributed by atoms with Gasteiger partial charge in [0.2, 0.25) is 0 Å². The number of benzene rings is 4. The van der Waals surface area contributed by atoms with Gasteiger partial charge in [-0.05, 0) is 53.1 Å². The highest BCUT2D eigenvalue weighted by molar-refractivity contribution is 6.04. The van der Waals surface area contributed by atoms with Gasteiger partial charge in [-0.3, -0.25) is 10.0 Å². The van der Waals surface area contributed by atoms with Crippen LogP contribution in [0.1, 0.15) is 29.2 Å². The lowest BCUT2D eigenvalue weighted by Gasteiger charge is -2.24. The molecule has 4 nitrogen and oxygen atoms in total. The van der Waals surface area contributed by atoms with Crippen molar-refractivity contribution in [2.75, 3.05) is 24.0 Å². The maximum Gasteiger partial charge on any atom is 0.0831 e. The lowest BCUT2D eigenvalue weighted by molar-refractivity contribution is 0.709. The van der Waals surface area contributed by atoms with Crippen molar-refractivity contribution in [3.05, 3.63) is 126 Å². The van der Waals surface area contributed by atoms with Crippen molar-refractivity contribution in [1.29, 1.82) is 0 Å². The normalized spacial score (nSPS) is 15.5. The van der Waals surface area contributed by atoms with E-state index in [4.69, 9.17) is 10.1 Å². The Morgan fingerprint density at radius 1 is 0.824 bits per heavy atom. The van der Waals surface area contributed by atoms with Crippen molar-refractivity contribution >= 4 is 29.0 Å². The zero-order valence-corrected chi connectivity index (χ0v) is 19.5. The molecule has 168 valence electrons. The monoisotopic (exact) mass is 444 g/mol. The molecule has 4 aromatic carbocycles. The molecule has 4 aromatic rings. The predicted octanol–water partition coefficient (Wildman–Crippen LogP) is 6.86. The lowest BCUT2D eigenvalue weighted by atomic mass is 9.97. The van der Waals surface area contributed by atoms with Crippen molar-refractivity contribution in [3.8, 4) is 0 Å². The summed E-state index contributed by atoms with van der Waals surface area (Å²) in [6.07, 6.45) is 2.74. The Morgan fingerprint density at radius 3 is 2.24 bits per heavy atom. The van der Waals surface area contributed by atoms with E-state index in [0.29, 0.717) is 0 Å². The second kappa shape index (κ2) is 9.75. The summed E-state index contributed by atoms with van der Waals surface area (Å²) >= 11 is 0. The molecular formula is C30H28N4. The van der Waals surface area contributed by atoms with Crippen LogP contribution in [0.3, 0.4) is 0 Å². The molecule has 4 heteroatoms. The average Bonchev–Trinajstić information content (AvgIpc) is 3.35. The Hall–Kier alpha value is -4.18. The van der Waals surface area contributed by atoms with Crippen LogP contribution in [0.25, 0.3) is 0 Å². The third-order valence-corrected chi connectivity index (χ3v) is 6.07. The summed E-state index contributed by atoms with van der Waals surface area (Å²) in [5.74, 6) is 0. The predicted molar refractivity (Wildman–Crippen MR) is 144 cm³/mol. The van der Waals surface area contributed by atoms with Gasteiger partial charge in [-0.25, -0.2) is 0 Å². The van der Waals surface area contributed by atoms with Gasteiger partial charge in [-0.15, -0.1) is 0 Å². The summed E-state index contributed by atoms with van der Waals surface area (Å²) < 4.78 is 0. The molecule has 0 spiro atoms. The van der Waals surface area contributed by atoms with Crippen LogP contribution < -0.4 is 9.91 Å². The first kappa shape index (κ1) is 21.7. The van der Waals surface area contributed by atoms with E-state index in [0.717, 1.165) is 34.6 Å². The minimum absolute atomic E-state index is 0.144. The second-order valence-corrected chi connectivity index (χ2v) is 8.65. The number of rotatable bonds is 6. The molecule has 0 N–H and O–H groups in total. The quantitative estimate of drug-likeness (QED) is 0.304. The van der Waals surface area contributed by atoms with Crippen LogP contribution in [-0.2, 0) is 0 Å². The summed E-state index contributed by atoms with van der Waals surface area (Å²) in [6, 6.07) is 37.8.